The molecule has 24 heavy (non-hydrogen) atoms. The molecule has 130 valence electrons. The lowest BCUT2D eigenvalue weighted by Gasteiger charge is -2.21. The van der Waals surface area contributed by atoms with E-state index in [1.54, 1.807) is 7.05 Å². The summed E-state index contributed by atoms with van der Waals surface area (Å²) in [4.78, 5) is 27.0. The number of amides is 1. The van der Waals surface area contributed by atoms with Crippen molar-refractivity contribution in [2.24, 2.45) is 5.92 Å². The Hall–Kier alpha value is -2.34. The number of rotatable bonds is 8. The molecule has 0 aliphatic rings. The summed E-state index contributed by atoms with van der Waals surface area (Å²) in [6.45, 7) is 3.87. The summed E-state index contributed by atoms with van der Waals surface area (Å²) in [6.07, 6.45) is 2.79. The molecule has 2 aromatic rings. The predicted molar refractivity (Wildman–Crippen MR) is 93.9 cm³/mol. The van der Waals surface area contributed by atoms with Crippen LogP contribution in [0.3, 0.4) is 0 Å². The highest BCUT2D eigenvalue weighted by molar-refractivity contribution is 5.88. The molecule has 1 aromatic carbocycles. The molecule has 1 amide bonds. The topological polar surface area (TPSA) is 94.2 Å². The molecule has 4 N–H and O–H groups in total. The van der Waals surface area contributed by atoms with Gasteiger partial charge in [0.05, 0.1) is 6.04 Å². The molecule has 0 fully saturated rings. The monoisotopic (exact) mass is 331 g/mol. The maximum absolute atomic E-state index is 12.5. The Morgan fingerprint density at radius 2 is 1.92 bits per heavy atom. The highest BCUT2D eigenvalue weighted by atomic mass is 16.4. The molecule has 0 bridgehead atoms. The van der Waals surface area contributed by atoms with Gasteiger partial charge < -0.3 is 20.7 Å². The van der Waals surface area contributed by atoms with Crippen molar-refractivity contribution in [2.75, 3.05) is 7.05 Å². The van der Waals surface area contributed by atoms with E-state index in [0.29, 0.717) is 12.8 Å². The number of fused-ring (bicyclic) bond motifs is 1. The molecule has 2 rings (SSSR count). The van der Waals surface area contributed by atoms with E-state index >= 15 is 0 Å². The molecule has 0 saturated heterocycles. The second-order valence-corrected chi connectivity index (χ2v) is 6.43. The average Bonchev–Trinajstić information content (AvgIpc) is 2.94. The van der Waals surface area contributed by atoms with Crippen LogP contribution in [-0.4, -0.2) is 41.1 Å². The molecule has 0 radical (unpaired) electrons. The molecule has 0 aliphatic heterocycles. The predicted octanol–water partition coefficient (Wildman–Crippen LogP) is 1.91. The zero-order valence-corrected chi connectivity index (χ0v) is 14.3. The number of carbonyl (C=O) groups excluding carboxylic acids is 1. The average molecular weight is 331 g/mol. The molecular weight excluding hydrogens is 306 g/mol. The summed E-state index contributed by atoms with van der Waals surface area (Å²) in [5.74, 6) is -1.11. The molecule has 2 atom stereocenters. The lowest BCUT2D eigenvalue weighted by molar-refractivity contribution is -0.142. The van der Waals surface area contributed by atoms with Gasteiger partial charge in [-0.15, -0.1) is 0 Å². The maximum atomic E-state index is 12.5. The van der Waals surface area contributed by atoms with Crippen molar-refractivity contribution in [2.45, 2.75) is 38.8 Å². The maximum Gasteiger partial charge on any atom is 0.326 e. The van der Waals surface area contributed by atoms with Gasteiger partial charge in [-0.05, 0) is 37.4 Å². The third kappa shape index (κ3) is 4.35. The molecule has 6 nitrogen and oxygen atoms in total. The van der Waals surface area contributed by atoms with E-state index in [1.165, 1.54) is 0 Å². The summed E-state index contributed by atoms with van der Waals surface area (Å²) >= 11 is 0. The Labute approximate surface area is 141 Å². The molecular formula is C18H25N3O3. The largest absolute Gasteiger partial charge is 0.480 e. The molecule has 0 spiro atoms. The number of nitrogens with one attached hydrogen (secondary N) is 3. The molecule has 1 heterocycles. The van der Waals surface area contributed by atoms with Crippen molar-refractivity contribution in [1.29, 1.82) is 0 Å². The molecule has 1 aromatic heterocycles. The fourth-order valence-electron chi connectivity index (χ4n) is 2.81. The highest BCUT2D eigenvalue weighted by Crippen LogP contribution is 2.19. The van der Waals surface area contributed by atoms with Gasteiger partial charge in [0.25, 0.3) is 0 Å². The number of carboxylic acids is 1. The van der Waals surface area contributed by atoms with Crippen LogP contribution in [0, 0.1) is 5.92 Å². The number of aromatic nitrogens is 1. The van der Waals surface area contributed by atoms with Gasteiger partial charge in [-0.25, -0.2) is 4.79 Å². The van der Waals surface area contributed by atoms with E-state index in [2.05, 4.69) is 15.6 Å². The van der Waals surface area contributed by atoms with E-state index in [0.717, 1.165) is 16.5 Å². The zero-order chi connectivity index (χ0) is 17.7. The summed E-state index contributed by atoms with van der Waals surface area (Å²) in [5.41, 5.74) is 2.04. The number of benzene rings is 1. The van der Waals surface area contributed by atoms with Crippen LogP contribution in [0.15, 0.2) is 30.5 Å². The third-order valence-electron chi connectivity index (χ3n) is 4.09. The first-order chi connectivity index (χ1) is 11.4. The number of H-pyrrole nitrogens is 1. The van der Waals surface area contributed by atoms with Crippen LogP contribution in [0.5, 0.6) is 0 Å². The zero-order valence-electron chi connectivity index (χ0n) is 14.3. The van der Waals surface area contributed by atoms with Crippen molar-refractivity contribution >= 4 is 22.8 Å². The minimum Gasteiger partial charge on any atom is -0.480 e. The van der Waals surface area contributed by atoms with Gasteiger partial charge in [-0.2, -0.15) is 0 Å². The van der Waals surface area contributed by atoms with Crippen molar-refractivity contribution in [3.05, 3.63) is 36.0 Å². The fourth-order valence-corrected chi connectivity index (χ4v) is 2.81. The van der Waals surface area contributed by atoms with Gasteiger partial charge in [0.1, 0.15) is 6.04 Å². The van der Waals surface area contributed by atoms with Gasteiger partial charge in [-0.1, -0.05) is 32.0 Å². The second-order valence-electron chi connectivity index (χ2n) is 6.43. The van der Waals surface area contributed by atoms with Gasteiger partial charge in [0.2, 0.25) is 5.91 Å². The van der Waals surface area contributed by atoms with Crippen LogP contribution in [0.25, 0.3) is 10.9 Å². The quantitative estimate of drug-likeness (QED) is 0.594. The molecule has 6 heteroatoms. The van der Waals surface area contributed by atoms with Crippen molar-refractivity contribution < 1.29 is 14.7 Å². The number of hydrogen-bond acceptors (Lipinski definition) is 3. The number of carboxylic acid groups (broad SMARTS) is 1. The van der Waals surface area contributed by atoms with E-state index in [4.69, 9.17) is 0 Å². The molecule has 0 aliphatic carbocycles. The third-order valence-corrected chi connectivity index (χ3v) is 4.09. The van der Waals surface area contributed by atoms with Crippen molar-refractivity contribution in [3.8, 4) is 0 Å². The Kier molecular flexibility index (Phi) is 5.98. The number of hydrogen-bond donors (Lipinski definition) is 4. The van der Waals surface area contributed by atoms with Crippen LogP contribution in [-0.2, 0) is 16.0 Å². The fraction of sp³-hybridized carbons (Fsp3) is 0.444. The van der Waals surface area contributed by atoms with Gasteiger partial charge in [-0.3, -0.25) is 4.79 Å². The SMILES string of the molecule is CN[C@@H](Cc1c[nH]c2ccccc12)C(=O)N[C@@H](CC(C)C)C(=O)O. The van der Waals surface area contributed by atoms with Crippen LogP contribution in [0.4, 0.5) is 0 Å². The second kappa shape index (κ2) is 7.97. The number of likely N-dealkylation sites (N-methyl/N-ethyl adjacent to an activating group) is 1. The smallest absolute Gasteiger partial charge is 0.326 e. The van der Waals surface area contributed by atoms with Crippen LogP contribution in [0.1, 0.15) is 25.8 Å². The number of carbonyl (C=O) groups is 2. The minimum atomic E-state index is -1.00. The number of para-hydroxylation sites is 1. The van der Waals surface area contributed by atoms with Gasteiger partial charge in [0.15, 0.2) is 0 Å². The molecule has 0 saturated carbocycles. The highest BCUT2D eigenvalue weighted by Gasteiger charge is 2.25. The summed E-state index contributed by atoms with van der Waals surface area (Å²) in [6, 6.07) is 6.54. The molecule has 0 unspecified atom stereocenters. The van der Waals surface area contributed by atoms with Crippen LogP contribution in [0.2, 0.25) is 0 Å². The lowest BCUT2D eigenvalue weighted by Crippen LogP contribution is -2.50. The van der Waals surface area contributed by atoms with Gasteiger partial charge >= 0.3 is 5.97 Å². The van der Waals surface area contributed by atoms with E-state index in [9.17, 15) is 14.7 Å². The van der Waals surface area contributed by atoms with Gasteiger partial charge in [0, 0.05) is 17.1 Å². The van der Waals surface area contributed by atoms with E-state index in [1.807, 2.05) is 44.3 Å². The minimum absolute atomic E-state index is 0.188. The van der Waals surface area contributed by atoms with Crippen molar-refractivity contribution in [1.82, 2.24) is 15.6 Å². The Morgan fingerprint density at radius 3 is 2.54 bits per heavy atom. The Morgan fingerprint density at radius 1 is 1.21 bits per heavy atom. The summed E-state index contributed by atoms with van der Waals surface area (Å²) in [7, 11) is 1.71. The lowest BCUT2D eigenvalue weighted by atomic mass is 10.0. The Balaban J connectivity index is 2.09. The van der Waals surface area contributed by atoms with Crippen LogP contribution < -0.4 is 10.6 Å². The first kappa shape index (κ1) is 18.0. The first-order valence-electron chi connectivity index (χ1n) is 8.17. The number of aromatic amines is 1. The summed E-state index contributed by atoms with van der Waals surface area (Å²) in [5, 5.41) is 16.0. The number of aliphatic carboxylic acids is 1. The summed E-state index contributed by atoms with van der Waals surface area (Å²) < 4.78 is 0. The standard InChI is InChI=1S/C18H25N3O3/c1-11(2)8-16(18(23)24)21-17(22)15(19-3)9-12-10-20-14-7-5-4-6-13(12)14/h4-7,10-11,15-16,19-20H,8-9H2,1-3H3,(H,21,22)(H,23,24)/t15-,16-/m0/s1. The normalized spacial score (nSPS) is 13.8. The Bertz CT molecular complexity index is 708. The van der Waals surface area contributed by atoms with E-state index in [-0.39, 0.29) is 11.8 Å². The first-order valence-corrected chi connectivity index (χ1v) is 8.17. The van der Waals surface area contributed by atoms with Crippen LogP contribution >= 0.6 is 0 Å². The van der Waals surface area contributed by atoms with E-state index < -0.39 is 18.1 Å². The van der Waals surface area contributed by atoms with Crippen molar-refractivity contribution in [3.63, 3.8) is 0 Å².